The smallest absolute Gasteiger partial charge is 0.0638 e. The molecule has 0 unspecified atom stereocenters. The highest BCUT2D eigenvalue weighted by molar-refractivity contribution is 6.31. The molecule has 1 aliphatic rings. The number of nitrogens with zero attached hydrogens (tertiary/aromatic N) is 2. The van der Waals surface area contributed by atoms with Gasteiger partial charge in [-0.2, -0.15) is 5.10 Å². The van der Waals surface area contributed by atoms with Crippen LogP contribution in [-0.2, 0) is 11.3 Å². The second kappa shape index (κ2) is 8.12. The van der Waals surface area contributed by atoms with E-state index in [4.69, 9.17) is 16.3 Å². The number of aromatic amines is 1. The molecule has 1 aromatic heterocycles. The monoisotopic (exact) mass is 348 g/mol. The van der Waals surface area contributed by atoms with Crippen molar-refractivity contribution in [3.05, 3.63) is 51.8 Å². The second-order valence-corrected chi connectivity index (χ2v) is 6.64. The van der Waals surface area contributed by atoms with Crippen molar-refractivity contribution < 1.29 is 4.74 Å². The Morgan fingerprint density at radius 3 is 2.71 bits per heavy atom. The molecular weight excluding hydrogens is 324 g/mol. The summed E-state index contributed by atoms with van der Waals surface area (Å²) >= 11 is 6.47. The molecule has 5 nitrogen and oxygen atoms in total. The number of halogens is 1. The summed E-state index contributed by atoms with van der Waals surface area (Å²) in [6.45, 7) is 9.16. The SMILES string of the molecule is Cc1n[nH]c(C)c1CNC[C@@H](c1ccccc1Cl)N1CCOCC1. The summed E-state index contributed by atoms with van der Waals surface area (Å²) in [4.78, 5) is 2.45. The zero-order valence-corrected chi connectivity index (χ0v) is 15.1. The third kappa shape index (κ3) is 3.98. The Labute approximate surface area is 148 Å². The Bertz CT molecular complexity index is 647. The summed E-state index contributed by atoms with van der Waals surface area (Å²) in [5.74, 6) is 0. The average molecular weight is 349 g/mol. The van der Waals surface area contributed by atoms with E-state index in [1.165, 1.54) is 11.1 Å². The second-order valence-electron chi connectivity index (χ2n) is 6.23. The van der Waals surface area contributed by atoms with Crippen LogP contribution in [0.4, 0.5) is 0 Å². The number of rotatable bonds is 6. The molecule has 130 valence electrons. The Hall–Kier alpha value is -1.40. The minimum Gasteiger partial charge on any atom is -0.379 e. The van der Waals surface area contributed by atoms with E-state index in [2.05, 4.69) is 39.5 Å². The van der Waals surface area contributed by atoms with Crippen molar-refractivity contribution in [1.29, 1.82) is 0 Å². The number of H-pyrrole nitrogens is 1. The molecule has 0 bridgehead atoms. The predicted octanol–water partition coefficient (Wildman–Crippen LogP) is 2.84. The zero-order chi connectivity index (χ0) is 16.9. The first-order valence-electron chi connectivity index (χ1n) is 8.44. The lowest BCUT2D eigenvalue weighted by atomic mass is 10.0. The molecule has 0 amide bonds. The lowest BCUT2D eigenvalue weighted by Gasteiger charge is -2.35. The molecule has 2 heterocycles. The summed E-state index contributed by atoms with van der Waals surface area (Å²) < 4.78 is 5.50. The van der Waals surface area contributed by atoms with Crippen molar-refractivity contribution in [2.24, 2.45) is 0 Å². The van der Waals surface area contributed by atoms with Gasteiger partial charge in [-0.05, 0) is 25.5 Å². The van der Waals surface area contributed by atoms with Gasteiger partial charge in [0.1, 0.15) is 0 Å². The maximum atomic E-state index is 6.47. The standard InChI is InChI=1S/C18H25ClN4O/c1-13-16(14(2)22-21-13)11-20-12-18(23-7-9-24-10-8-23)15-5-3-4-6-17(15)19/h3-6,18,20H,7-12H2,1-2H3,(H,21,22)/t18-/m0/s1. The maximum absolute atomic E-state index is 6.47. The normalized spacial score (nSPS) is 17.1. The molecule has 1 fully saturated rings. The topological polar surface area (TPSA) is 53.2 Å². The highest BCUT2D eigenvalue weighted by atomic mass is 35.5. The molecule has 1 saturated heterocycles. The fraction of sp³-hybridized carbons (Fsp3) is 0.500. The first kappa shape index (κ1) is 17.4. The third-order valence-corrected chi connectivity index (χ3v) is 5.02. The molecule has 2 N–H and O–H groups in total. The van der Waals surface area contributed by atoms with E-state index in [1.807, 2.05) is 19.1 Å². The number of benzene rings is 1. The summed E-state index contributed by atoms with van der Waals surface area (Å²) in [5, 5.41) is 11.7. The van der Waals surface area contributed by atoms with Crippen molar-refractivity contribution in [1.82, 2.24) is 20.4 Å². The molecule has 24 heavy (non-hydrogen) atoms. The molecule has 0 aliphatic carbocycles. The van der Waals surface area contributed by atoms with Gasteiger partial charge in [0.05, 0.1) is 18.9 Å². The number of hydrogen-bond donors (Lipinski definition) is 2. The average Bonchev–Trinajstić information content (AvgIpc) is 2.92. The van der Waals surface area contributed by atoms with Gasteiger partial charge in [0.25, 0.3) is 0 Å². The number of nitrogens with one attached hydrogen (secondary N) is 2. The molecule has 6 heteroatoms. The van der Waals surface area contributed by atoms with E-state index in [-0.39, 0.29) is 6.04 Å². The van der Waals surface area contributed by atoms with Crippen LogP contribution in [0, 0.1) is 13.8 Å². The van der Waals surface area contributed by atoms with Gasteiger partial charge in [-0.15, -0.1) is 0 Å². The van der Waals surface area contributed by atoms with Gasteiger partial charge in [0, 0.05) is 48.5 Å². The van der Waals surface area contributed by atoms with E-state index < -0.39 is 0 Å². The summed E-state index contributed by atoms with van der Waals surface area (Å²) in [5.41, 5.74) is 4.60. The van der Waals surface area contributed by atoms with Crippen LogP contribution in [0.15, 0.2) is 24.3 Å². The molecule has 1 aliphatic heterocycles. The first-order chi connectivity index (χ1) is 11.7. The number of aryl methyl sites for hydroxylation is 2. The molecule has 0 spiro atoms. The number of morpholine rings is 1. The highest BCUT2D eigenvalue weighted by Crippen LogP contribution is 2.28. The zero-order valence-electron chi connectivity index (χ0n) is 14.3. The third-order valence-electron chi connectivity index (χ3n) is 4.67. The summed E-state index contributed by atoms with van der Waals surface area (Å²) in [6.07, 6.45) is 0. The van der Waals surface area contributed by atoms with Gasteiger partial charge in [-0.1, -0.05) is 29.8 Å². The van der Waals surface area contributed by atoms with Crippen molar-refractivity contribution in [3.8, 4) is 0 Å². The molecule has 0 saturated carbocycles. The Balaban J connectivity index is 1.71. The lowest BCUT2D eigenvalue weighted by molar-refractivity contribution is 0.0161. The van der Waals surface area contributed by atoms with E-state index in [0.29, 0.717) is 0 Å². The summed E-state index contributed by atoms with van der Waals surface area (Å²) in [6, 6.07) is 8.37. The Morgan fingerprint density at radius 2 is 2.04 bits per heavy atom. The lowest BCUT2D eigenvalue weighted by Crippen LogP contribution is -2.42. The van der Waals surface area contributed by atoms with Gasteiger partial charge >= 0.3 is 0 Å². The van der Waals surface area contributed by atoms with Gasteiger partial charge in [-0.25, -0.2) is 0 Å². The van der Waals surface area contributed by atoms with Crippen molar-refractivity contribution in [3.63, 3.8) is 0 Å². The van der Waals surface area contributed by atoms with Crippen LogP contribution in [0.2, 0.25) is 5.02 Å². The summed E-state index contributed by atoms with van der Waals surface area (Å²) in [7, 11) is 0. The largest absolute Gasteiger partial charge is 0.379 e. The van der Waals surface area contributed by atoms with Crippen molar-refractivity contribution in [2.75, 3.05) is 32.8 Å². The fourth-order valence-electron chi connectivity index (χ4n) is 3.24. The predicted molar refractivity (Wildman–Crippen MR) is 96.4 cm³/mol. The minimum atomic E-state index is 0.245. The van der Waals surface area contributed by atoms with Crippen LogP contribution in [0.5, 0.6) is 0 Å². The Morgan fingerprint density at radius 1 is 1.29 bits per heavy atom. The maximum Gasteiger partial charge on any atom is 0.0638 e. The fourth-order valence-corrected chi connectivity index (χ4v) is 3.50. The van der Waals surface area contributed by atoms with E-state index >= 15 is 0 Å². The number of hydrogen-bond acceptors (Lipinski definition) is 4. The van der Waals surface area contributed by atoms with Crippen molar-refractivity contribution in [2.45, 2.75) is 26.4 Å². The molecule has 3 rings (SSSR count). The Kier molecular flexibility index (Phi) is 5.89. The van der Waals surface area contributed by atoms with Crippen LogP contribution < -0.4 is 5.32 Å². The van der Waals surface area contributed by atoms with E-state index in [0.717, 1.165) is 55.8 Å². The molecular formula is C18H25ClN4O. The number of ether oxygens (including phenoxy) is 1. The van der Waals surface area contributed by atoms with Gasteiger partial charge in [0.2, 0.25) is 0 Å². The van der Waals surface area contributed by atoms with Gasteiger partial charge < -0.3 is 10.1 Å². The molecule has 2 aromatic rings. The molecule has 1 atom stereocenters. The quantitative estimate of drug-likeness (QED) is 0.843. The van der Waals surface area contributed by atoms with Crippen molar-refractivity contribution >= 4 is 11.6 Å². The van der Waals surface area contributed by atoms with Crippen LogP contribution in [0.1, 0.15) is 28.6 Å². The first-order valence-corrected chi connectivity index (χ1v) is 8.82. The van der Waals surface area contributed by atoms with Crippen LogP contribution in [0.25, 0.3) is 0 Å². The van der Waals surface area contributed by atoms with Gasteiger partial charge in [-0.3, -0.25) is 10.00 Å². The van der Waals surface area contributed by atoms with Crippen LogP contribution >= 0.6 is 11.6 Å². The van der Waals surface area contributed by atoms with E-state index in [9.17, 15) is 0 Å². The van der Waals surface area contributed by atoms with E-state index in [1.54, 1.807) is 0 Å². The number of aromatic nitrogens is 2. The highest BCUT2D eigenvalue weighted by Gasteiger charge is 2.24. The minimum absolute atomic E-state index is 0.245. The van der Waals surface area contributed by atoms with Gasteiger partial charge in [0.15, 0.2) is 0 Å². The molecule has 1 aromatic carbocycles. The van der Waals surface area contributed by atoms with Crippen LogP contribution in [-0.4, -0.2) is 47.9 Å². The van der Waals surface area contributed by atoms with Crippen LogP contribution in [0.3, 0.4) is 0 Å². The molecule has 0 radical (unpaired) electrons.